The zero-order valence-electron chi connectivity index (χ0n) is 13.3. The summed E-state index contributed by atoms with van der Waals surface area (Å²) < 4.78 is 24.1. The number of halogens is 1. The van der Waals surface area contributed by atoms with Crippen LogP contribution >= 0.6 is 0 Å². The number of hydrogen-bond donors (Lipinski definition) is 2. The highest BCUT2D eigenvalue weighted by molar-refractivity contribution is 5.30. The van der Waals surface area contributed by atoms with E-state index in [1.165, 1.54) is 13.2 Å². The lowest BCUT2D eigenvalue weighted by molar-refractivity contribution is 0.0313. The lowest BCUT2D eigenvalue weighted by Gasteiger charge is -2.24. The molecule has 1 aromatic carbocycles. The summed E-state index contributed by atoms with van der Waals surface area (Å²) in [4.78, 5) is 0. The molecule has 22 heavy (non-hydrogen) atoms. The molecule has 0 saturated heterocycles. The van der Waals surface area contributed by atoms with E-state index in [-0.39, 0.29) is 18.3 Å². The third-order valence-corrected chi connectivity index (χ3v) is 3.70. The average molecular weight is 307 g/mol. The minimum absolute atomic E-state index is 0.122. The monoisotopic (exact) mass is 307 g/mol. The van der Waals surface area contributed by atoms with Gasteiger partial charge in [-0.25, -0.2) is 4.39 Å². The van der Waals surface area contributed by atoms with Gasteiger partial charge in [0.25, 0.3) is 0 Å². The van der Waals surface area contributed by atoms with E-state index in [0.717, 1.165) is 11.3 Å². The number of aliphatic hydroxyl groups is 1. The summed E-state index contributed by atoms with van der Waals surface area (Å²) in [5.74, 6) is 1.07. The summed E-state index contributed by atoms with van der Waals surface area (Å²) in [6.07, 6.45) is 0. The number of benzene rings is 1. The molecule has 0 unspecified atom stereocenters. The van der Waals surface area contributed by atoms with Crippen LogP contribution in [0.25, 0.3) is 0 Å². The SMILES string of the molecule is COc1ccc([C@H](C)NC[C@@](C)(O)c2ccc(C)o2)cc1F. The second-order valence-corrected chi connectivity index (χ2v) is 5.68. The molecule has 5 heteroatoms. The predicted molar refractivity (Wildman–Crippen MR) is 82.4 cm³/mol. The lowest BCUT2D eigenvalue weighted by atomic mass is 10.0. The molecule has 2 N–H and O–H groups in total. The molecule has 1 heterocycles. The second kappa shape index (κ2) is 6.50. The Morgan fingerprint density at radius 3 is 2.64 bits per heavy atom. The van der Waals surface area contributed by atoms with Crippen LogP contribution in [0.2, 0.25) is 0 Å². The van der Waals surface area contributed by atoms with E-state index in [1.54, 1.807) is 25.1 Å². The van der Waals surface area contributed by atoms with Crippen LogP contribution in [0.4, 0.5) is 4.39 Å². The van der Waals surface area contributed by atoms with E-state index >= 15 is 0 Å². The van der Waals surface area contributed by atoms with Gasteiger partial charge in [-0.1, -0.05) is 6.07 Å². The zero-order valence-corrected chi connectivity index (χ0v) is 13.3. The molecule has 2 rings (SSSR count). The number of rotatable bonds is 6. The van der Waals surface area contributed by atoms with Gasteiger partial charge in [-0.3, -0.25) is 0 Å². The summed E-state index contributed by atoms with van der Waals surface area (Å²) in [6.45, 7) is 5.70. The van der Waals surface area contributed by atoms with Gasteiger partial charge in [0.15, 0.2) is 11.6 Å². The molecule has 0 saturated carbocycles. The molecule has 0 spiro atoms. The van der Waals surface area contributed by atoms with Crippen LogP contribution in [0, 0.1) is 12.7 Å². The summed E-state index contributed by atoms with van der Waals surface area (Å²) >= 11 is 0. The zero-order chi connectivity index (χ0) is 16.3. The minimum Gasteiger partial charge on any atom is -0.494 e. The Kier molecular flexibility index (Phi) is 4.88. The Balaban J connectivity index is 2.03. The van der Waals surface area contributed by atoms with E-state index in [4.69, 9.17) is 9.15 Å². The molecule has 0 aliphatic heterocycles. The maximum absolute atomic E-state index is 13.7. The van der Waals surface area contributed by atoms with Gasteiger partial charge >= 0.3 is 0 Å². The fourth-order valence-electron chi connectivity index (χ4n) is 2.23. The van der Waals surface area contributed by atoms with Crippen molar-refractivity contribution in [2.24, 2.45) is 0 Å². The molecule has 1 aromatic heterocycles. The van der Waals surface area contributed by atoms with Crippen LogP contribution in [0.5, 0.6) is 5.75 Å². The molecular weight excluding hydrogens is 285 g/mol. The third-order valence-electron chi connectivity index (χ3n) is 3.70. The van der Waals surface area contributed by atoms with Crippen molar-refractivity contribution in [3.8, 4) is 5.75 Å². The van der Waals surface area contributed by atoms with E-state index in [1.807, 2.05) is 19.9 Å². The molecule has 0 aliphatic rings. The highest BCUT2D eigenvalue weighted by Crippen LogP contribution is 2.25. The summed E-state index contributed by atoms with van der Waals surface area (Å²) in [7, 11) is 1.43. The molecule has 0 bridgehead atoms. The maximum Gasteiger partial charge on any atom is 0.165 e. The molecule has 120 valence electrons. The van der Waals surface area contributed by atoms with Gasteiger partial charge < -0.3 is 19.6 Å². The normalized spacial score (nSPS) is 15.4. The van der Waals surface area contributed by atoms with Crippen molar-refractivity contribution < 1.29 is 18.7 Å². The van der Waals surface area contributed by atoms with Gasteiger partial charge in [0.2, 0.25) is 0 Å². The number of nitrogens with one attached hydrogen (secondary N) is 1. The number of furan rings is 1. The molecule has 0 aliphatic carbocycles. The van der Waals surface area contributed by atoms with Gasteiger partial charge in [-0.05, 0) is 50.6 Å². The highest BCUT2D eigenvalue weighted by atomic mass is 19.1. The lowest BCUT2D eigenvalue weighted by Crippen LogP contribution is -2.36. The van der Waals surface area contributed by atoms with Crippen molar-refractivity contribution in [2.45, 2.75) is 32.4 Å². The van der Waals surface area contributed by atoms with Crippen molar-refractivity contribution in [2.75, 3.05) is 13.7 Å². The Bertz CT molecular complexity index is 637. The first-order valence-corrected chi connectivity index (χ1v) is 7.19. The van der Waals surface area contributed by atoms with E-state index < -0.39 is 11.4 Å². The molecule has 2 aromatic rings. The fourth-order valence-corrected chi connectivity index (χ4v) is 2.23. The molecule has 0 amide bonds. The van der Waals surface area contributed by atoms with Crippen molar-refractivity contribution >= 4 is 0 Å². The van der Waals surface area contributed by atoms with Crippen LogP contribution in [-0.2, 0) is 5.60 Å². The summed E-state index contributed by atoms with van der Waals surface area (Å²) in [5, 5.41) is 13.7. The molecule has 0 fully saturated rings. The predicted octanol–water partition coefficient (Wildman–Crippen LogP) is 3.29. The van der Waals surface area contributed by atoms with Gasteiger partial charge in [-0.2, -0.15) is 0 Å². The smallest absolute Gasteiger partial charge is 0.165 e. The van der Waals surface area contributed by atoms with Crippen molar-refractivity contribution in [3.63, 3.8) is 0 Å². The molecule has 0 radical (unpaired) electrons. The van der Waals surface area contributed by atoms with Crippen LogP contribution < -0.4 is 10.1 Å². The number of ether oxygens (including phenoxy) is 1. The van der Waals surface area contributed by atoms with Crippen molar-refractivity contribution in [3.05, 3.63) is 53.2 Å². The number of aryl methyl sites for hydroxylation is 1. The Morgan fingerprint density at radius 2 is 2.09 bits per heavy atom. The van der Waals surface area contributed by atoms with Gasteiger partial charge in [-0.15, -0.1) is 0 Å². The Labute approximate surface area is 129 Å². The minimum atomic E-state index is -1.13. The maximum atomic E-state index is 13.7. The van der Waals surface area contributed by atoms with Crippen molar-refractivity contribution in [1.29, 1.82) is 0 Å². The van der Waals surface area contributed by atoms with Crippen LogP contribution in [-0.4, -0.2) is 18.8 Å². The van der Waals surface area contributed by atoms with E-state index in [2.05, 4.69) is 5.32 Å². The summed E-state index contributed by atoms with van der Waals surface area (Å²) in [5.41, 5.74) is -0.349. The number of hydrogen-bond acceptors (Lipinski definition) is 4. The molecular formula is C17H22FNO3. The van der Waals surface area contributed by atoms with Gasteiger partial charge in [0, 0.05) is 12.6 Å². The largest absolute Gasteiger partial charge is 0.494 e. The summed E-state index contributed by atoms with van der Waals surface area (Å²) in [6, 6.07) is 8.27. The second-order valence-electron chi connectivity index (χ2n) is 5.68. The first-order chi connectivity index (χ1) is 10.3. The topological polar surface area (TPSA) is 54.6 Å². The first-order valence-electron chi connectivity index (χ1n) is 7.19. The average Bonchev–Trinajstić information content (AvgIpc) is 2.92. The fraction of sp³-hybridized carbons (Fsp3) is 0.412. The van der Waals surface area contributed by atoms with E-state index in [0.29, 0.717) is 5.76 Å². The Hall–Kier alpha value is -1.85. The molecule has 4 nitrogen and oxygen atoms in total. The molecule has 2 atom stereocenters. The highest BCUT2D eigenvalue weighted by Gasteiger charge is 2.27. The standard InChI is InChI=1S/C17H22FNO3/c1-11-5-8-16(22-11)17(3,20)10-19-12(2)13-6-7-15(21-4)14(18)9-13/h5-9,12,19-20H,10H2,1-4H3/t12-,17+/m0/s1. The van der Waals surface area contributed by atoms with Gasteiger partial charge in [0.05, 0.1) is 7.11 Å². The van der Waals surface area contributed by atoms with Crippen LogP contribution in [0.15, 0.2) is 34.7 Å². The van der Waals surface area contributed by atoms with Crippen LogP contribution in [0.1, 0.15) is 37.0 Å². The van der Waals surface area contributed by atoms with Crippen molar-refractivity contribution in [1.82, 2.24) is 5.32 Å². The number of methoxy groups -OCH3 is 1. The third kappa shape index (κ3) is 3.67. The quantitative estimate of drug-likeness (QED) is 0.860. The van der Waals surface area contributed by atoms with E-state index in [9.17, 15) is 9.50 Å². The van der Waals surface area contributed by atoms with Gasteiger partial charge in [0.1, 0.15) is 17.1 Å². The van der Waals surface area contributed by atoms with Crippen LogP contribution in [0.3, 0.4) is 0 Å². The first kappa shape index (κ1) is 16.5. The Morgan fingerprint density at radius 1 is 1.36 bits per heavy atom.